The molecule has 1 aromatic carbocycles. The molecule has 0 aliphatic rings. The third kappa shape index (κ3) is 4.94. The third-order valence-electron chi connectivity index (χ3n) is 2.65. The fourth-order valence-corrected chi connectivity index (χ4v) is 2.25. The summed E-state index contributed by atoms with van der Waals surface area (Å²) in [4.78, 5) is 11.8. The minimum absolute atomic E-state index is 0.208. The smallest absolute Gasteiger partial charge is 0.250 e. The summed E-state index contributed by atoms with van der Waals surface area (Å²) in [5.41, 5.74) is 0.895. The molecule has 1 heterocycles. The highest BCUT2D eigenvalue weighted by Crippen LogP contribution is 2.16. The number of rotatable bonds is 7. The molecule has 0 aliphatic carbocycles. The molecular formula is C15H17N3O3S. The van der Waals surface area contributed by atoms with Crippen LogP contribution in [0.4, 0.5) is 5.13 Å². The Kier molecular flexibility index (Phi) is 6.05. The van der Waals surface area contributed by atoms with E-state index in [2.05, 4.69) is 15.5 Å². The van der Waals surface area contributed by atoms with Gasteiger partial charge in [-0.15, -0.1) is 10.2 Å². The highest BCUT2D eigenvalue weighted by Gasteiger charge is 2.04. The summed E-state index contributed by atoms with van der Waals surface area (Å²) in [7, 11) is 1.57. The zero-order chi connectivity index (χ0) is 15.8. The van der Waals surface area contributed by atoms with Crippen molar-refractivity contribution in [2.45, 2.75) is 13.3 Å². The number of aromatic nitrogens is 2. The van der Waals surface area contributed by atoms with Crippen molar-refractivity contribution in [2.75, 3.05) is 19.2 Å². The van der Waals surface area contributed by atoms with Crippen LogP contribution < -0.4 is 10.1 Å². The van der Waals surface area contributed by atoms with Crippen molar-refractivity contribution < 1.29 is 14.3 Å². The van der Waals surface area contributed by atoms with Gasteiger partial charge in [0.1, 0.15) is 10.8 Å². The number of hydrogen-bond donors (Lipinski definition) is 1. The maximum absolute atomic E-state index is 11.8. The minimum atomic E-state index is -0.237. The topological polar surface area (TPSA) is 73.3 Å². The molecule has 1 N–H and O–H groups in total. The van der Waals surface area contributed by atoms with E-state index in [0.717, 1.165) is 17.0 Å². The molecule has 116 valence electrons. The lowest BCUT2D eigenvalue weighted by Gasteiger charge is -2.04. The van der Waals surface area contributed by atoms with E-state index in [4.69, 9.17) is 9.47 Å². The van der Waals surface area contributed by atoms with Crippen LogP contribution in [0.25, 0.3) is 6.08 Å². The molecule has 1 aromatic heterocycles. The monoisotopic (exact) mass is 319 g/mol. The van der Waals surface area contributed by atoms with E-state index in [1.165, 1.54) is 17.4 Å². The van der Waals surface area contributed by atoms with Gasteiger partial charge in [-0.2, -0.15) is 0 Å². The fourth-order valence-electron chi connectivity index (χ4n) is 1.57. The van der Waals surface area contributed by atoms with Crippen LogP contribution in [0.5, 0.6) is 5.75 Å². The van der Waals surface area contributed by atoms with E-state index in [1.807, 2.05) is 31.2 Å². The second-order valence-electron chi connectivity index (χ2n) is 4.30. The van der Waals surface area contributed by atoms with Crippen molar-refractivity contribution in [3.8, 4) is 5.75 Å². The quantitative estimate of drug-likeness (QED) is 0.627. The molecule has 0 fully saturated rings. The second kappa shape index (κ2) is 8.26. The normalized spacial score (nSPS) is 10.8. The van der Waals surface area contributed by atoms with Crippen LogP contribution in [0.3, 0.4) is 0 Å². The summed E-state index contributed by atoms with van der Waals surface area (Å²) in [6.07, 6.45) is 3.98. The number of anilines is 1. The lowest BCUT2D eigenvalue weighted by molar-refractivity contribution is -0.111. The van der Waals surface area contributed by atoms with Gasteiger partial charge in [-0.1, -0.05) is 30.4 Å². The Hall–Kier alpha value is -2.25. The number of methoxy groups -OCH3 is 1. The van der Waals surface area contributed by atoms with Crippen LogP contribution in [0.1, 0.15) is 17.5 Å². The second-order valence-corrected chi connectivity index (χ2v) is 5.36. The number of carbonyl (C=O) groups is 1. The maximum Gasteiger partial charge on any atom is 0.250 e. The zero-order valence-corrected chi connectivity index (χ0v) is 13.2. The molecule has 0 saturated heterocycles. The summed E-state index contributed by atoms with van der Waals surface area (Å²) in [6.45, 7) is 2.20. The first kappa shape index (κ1) is 16.1. The first-order valence-electron chi connectivity index (χ1n) is 6.74. The number of nitrogens with one attached hydrogen (secondary N) is 1. The zero-order valence-electron chi connectivity index (χ0n) is 12.4. The molecule has 2 rings (SSSR count). The molecule has 22 heavy (non-hydrogen) atoms. The number of ether oxygens (including phenoxy) is 2. The molecule has 0 saturated carbocycles. The Bertz CT molecular complexity index is 638. The van der Waals surface area contributed by atoms with Gasteiger partial charge in [0.05, 0.1) is 0 Å². The fraction of sp³-hybridized carbons (Fsp3) is 0.267. The first-order chi connectivity index (χ1) is 10.7. The SMILES string of the molecule is CCc1nnc(NC(=O)/C=C/c2ccc(OCOC)cc2)s1. The lowest BCUT2D eigenvalue weighted by Crippen LogP contribution is -2.07. The molecule has 1 amide bonds. The Morgan fingerprint density at radius 3 is 2.73 bits per heavy atom. The molecule has 0 atom stereocenters. The highest BCUT2D eigenvalue weighted by molar-refractivity contribution is 7.15. The number of amides is 1. The Labute approximate surface area is 132 Å². The van der Waals surface area contributed by atoms with Gasteiger partial charge < -0.3 is 9.47 Å². The molecule has 6 nitrogen and oxygen atoms in total. The average Bonchev–Trinajstić information content (AvgIpc) is 2.99. The summed E-state index contributed by atoms with van der Waals surface area (Å²) < 4.78 is 10.1. The van der Waals surface area contributed by atoms with Gasteiger partial charge in [0.2, 0.25) is 11.0 Å². The molecule has 0 unspecified atom stereocenters. The van der Waals surface area contributed by atoms with Gasteiger partial charge >= 0.3 is 0 Å². The Balaban J connectivity index is 1.88. The summed E-state index contributed by atoms with van der Waals surface area (Å²) in [6, 6.07) is 7.34. The standard InChI is InChI=1S/C15H17N3O3S/c1-3-14-17-18-15(22-14)16-13(19)9-6-11-4-7-12(8-5-11)21-10-20-2/h4-9H,3,10H2,1-2H3,(H,16,18,19)/b9-6+. The van der Waals surface area contributed by atoms with Crippen molar-refractivity contribution in [2.24, 2.45) is 0 Å². The van der Waals surface area contributed by atoms with Crippen LogP contribution >= 0.6 is 11.3 Å². The van der Waals surface area contributed by atoms with Gasteiger partial charge in [0.15, 0.2) is 6.79 Å². The van der Waals surface area contributed by atoms with E-state index >= 15 is 0 Å². The number of benzene rings is 1. The number of nitrogens with zero attached hydrogens (tertiary/aromatic N) is 2. The average molecular weight is 319 g/mol. The predicted molar refractivity (Wildman–Crippen MR) is 85.9 cm³/mol. The molecule has 0 aliphatic heterocycles. The van der Waals surface area contributed by atoms with Crippen molar-refractivity contribution in [1.29, 1.82) is 0 Å². The van der Waals surface area contributed by atoms with E-state index in [-0.39, 0.29) is 12.7 Å². The molecule has 0 radical (unpaired) electrons. The number of hydrogen-bond acceptors (Lipinski definition) is 6. The van der Waals surface area contributed by atoms with Crippen molar-refractivity contribution in [3.63, 3.8) is 0 Å². The molecule has 0 spiro atoms. The largest absolute Gasteiger partial charge is 0.468 e. The van der Waals surface area contributed by atoms with Crippen LogP contribution in [-0.4, -0.2) is 30.0 Å². The van der Waals surface area contributed by atoms with Gasteiger partial charge in [-0.25, -0.2) is 0 Å². The molecule has 7 heteroatoms. The summed E-state index contributed by atoms with van der Waals surface area (Å²) in [5.74, 6) is 0.475. The van der Waals surface area contributed by atoms with Crippen LogP contribution in [0.2, 0.25) is 0 Å². The van der Waals surface area contributed by atoms with Gasteiger partial charge in [0.25, 0.3) is 0 Å². The minimum Gasteiger partial charge on any atom is -0.468 e. The maximum atomic E-state index is 11.8. The van der Waals surface area contributed by atoms with Gasteiger partial charge in [-0.05, 0) is 30.2 Å². The van der Waals surface area contributed by atoms with Gasteiger partial charge in [0, 0.05) is 13.2 Å². The summed E-state index contributed by atoms with van der Waals surface area (Å²) in [5, 5.41) is 11.9. The van der Waals surface area contributed by atoms with Crippen molar-refractivity contribution >= 4 is 28.5 Å². The van der Waals surface area contributed by atoms with E-state index in [0.29, 0.717) is 10.9 Å². The molecule has 0 bridgehead atoms. The number of carbonyl (C=O) groups excluding carboxylic acids is 1. The third-order valence-corrected chi connectivity index (χ3v) is 3.63. The van der Waals surface area contributed by atoms with Crippen LogP contribution in [0.15, 0.2) is 30.3 Å². The molecule has 2 aromatic rings. The lowest BCUT2D eigenvalue weighted by atomic mass is 10.2. The van der Waals surface area contributed by atoms with Crippen LogP contribution in [0, 0.1) is 0 Å². The van der Waals surface area contributed by atoms with E-state index in [9.17, 15) is 4.79 Å². The van der Waals surface area contributed by atoms with Crippen molar-refractivity contribution in [1.82, 2.24) is 10.2 Å². The summed E-state index contributed by atoms with van der Waals surface area (Å²) >= 11 is 1.38. The van der Waals surface area contributed by atoms with E-state index < -0.39 is 0 Å². The highest BCUT2D eigenvalue weighted by atomic mass is 32.1. The Morgan fingerprint density at radius 1 is 1.32 bits per heavy atom. The van der Waals surface area contributed by atoms with Crippen molar-refractivity contribution in [3.05, 3.63) is 40.9 Å². The predicted octanol–water partition coefficient (Wildman–Crippen LogP) is 2.74. The molecular weight excluding hydrogens is 302 g/mol. The Morgan fingerprint density at radius 2 is 2.09 bits per heavy atom. The van der Waals surface area contributed by atoms with Gasteiger partial charge in [-0.3, -0.25) is 10.1 Å². The van der Waals surface area contributed by atoms with Crippen LogP contribution in [-0.2, 0) is 16.0 Å². The first-order valence-corrected chi connectivity index (χ1v) is 7.56. The number of aryl methyl sites for hydroxylation is 1. The van der Waals surface area contributed by atoms with E-state index in [1.54, 1.807) is 13.2 Å².